The largest absolute Gasteiger partial charge is 0.339 e. The Kier molecular flexibility index (Phi) is 6.63. The summed E-state index contributed by atoms with van der Waals surface area (Å²) in [5, 5.41) is 4.39. The molecule has 1 aliphatic heterocycles. The predicted molar refractivity (Wildman–Crippen MR) is 119 cm³/mol. The number of piperazine rings is 1. The molecule has 0 spiro atoms. The number of aromatic nitrogens is 3. The van der Waals surface area contributed by atoms with Crippen molar-refractivity contribution >= 4 is 17.5 Å². The molecule has 1 aromatic carbocycles. The molecule has 8 heteroatoms. The molecule has 1 amide bonds. The number of carbonyl (C=O) groups excluding carboxylic acids is 1. The summed E-state index contributed by atoms with van der Waals surface area (Å²) < 4.78 is 5.38. The molecule has 3 heterocycles. The lowest BCUT2D eigenvalue weighted by molar-refractivity contribution is 0.0628. The van der Waals surface area contributed by atoms with E-state index in [-0.39, 0.29) is 11.1 Å². The number of halogens is 1. The van der Waals surface area contributed by atoms with Crippen LogP contribution < -0.4 is 0 Å². The third kappa shape index (κ3) is 5.29. The van der Waals surface area contributed by atoms with E-state index < -0.39 is 0 Å². The van der Waals surface area contributed by atoms with Gasteiger partial charge in [0.1, 0.15) is 5.15 Å². The van der Waals surface area contributed by atoms with Crippen molar-refractivity contribution in [1.29, 1.82) is 0 Å². The van der Waals surface area contributed by atoms with Gasteiger partial charge in [-0.1, -0.05) is 48.8 Å². The van der Waals surface area contributed by atoms with Crippen LogP contribution in [-0.2, 0) is 13.0 Å². The lowest BCUT2D eigenvalue weighted by Crippen LogP contribution is -2.48. The van der Waals surface area contributed by atoms with Crippen molar-refractivity contribution in [2.75, 3.05) is 26.2 Å². The van der Waals surface area contributed by atoms with Crippen LogP contribution in [-0.4, -0.2) is 57.0 Å². The van der Waals surface area contributed by atoms with Crippen LogP contribution in [0.15, 0.2) is 47.1 Å². The number of rotatable bonds is 6. The van der Waals surface area contributed by atoms with Gasteiger partial charge in [-0.05, 0) is 29.7 Å². The molecule has 0 unspecified atom stereocenters. The van der Waals surface area contributed by atoms with Gasteiger partial charge in [-0.15, -0.1) is 0 Å². The predicted octanol–water partition coefficient (Wildman–Crippen LogP) is 3.94. The Balaban J connectivity index is 1.36. The van der Waals surface area contributed by atoms with E-state index >= 15 is 0 Å². The Labute approximate surface area is 187 Å². The second-order valence-electron chi connectivity index (χ2n) is 8.22. The van der Waals surface area contributed by atoms with Crippen molar-refractivity contribution in [2.24, 2.45) is 5.92 Å². The van der Waals surface area contributed by atoms with E-state index in [2.05, 4.69) is 46.0 Å². The van der Waals surface area contributed by atoms with Crippen molar-refractivity contribution < 1.29 is 9.32 Å². The molecular weight excluding hydrogens is 414 g/mol. The minimum absolute atomic E-state index is 0.0611. The first-order valence-electron chi connectivity index (χ1n) is 10.5. The molecule has 3 aromatic rings. The molecule has 0 bridgehead atoms. The summed E-state index contributed by atoms with van der Waals surface area (Å²) in [5.41, 5.74) is 2.60. The highest BCUT2D eigenvalue weighted by molar-refractivity contribution is 6.32. The summed E-state index contributed by atoms with van der Waals surface area (Å²) in [7, 11) is 0. The van der Waals surface area contributed by atoms with Gasteiger partial charge in [-0.3, -0.25) is 9.69 Å². The van der Waals surface area contributed by atoms with Gasteiger partial charge in [0, 0.05) is 50.9 Å². The molecule has 0 N–H and O–H groups in total. The third-order valence-electron chi connectivity index (χ3n) is 5.29. The first-order valence-corrected chi connectivity index (χ1v) is 10.9. The SMILES string of the molecule is CC(C)Cc1nc(-c2cccc(CN3CCN(C(=O)c4cccnc4Cl)CC3)c2)no1. The maximum Gasteiger partial charge on any atom is 0.257 e. The monoisotopic (exact) mass is 439 g/mol. The molecular formula is C23H26ClN5O2. The lowest BCUT2D eigenvalue weighted by atomic mass is 10.1. The van der Waals surface area contributed by atoms with E-state index in [1.54, 1.807) is 18.3 Å². The zero-order valence-corrected chi connectivity index (χ0v) is 18.5. The zero-order chi connectivity index (χ0) is 21.8. The van der Waals surface area contributed by atoms with E-state index in [1.807, 2.05) is 17.0 Å². The van der Waals surface area contributed by atoms with Crippen LogP contribution in [0.3, 0.4) is 0 Å². The molecule has 162 valence electrons. The number of nitrogens with zero attached hydrogens (tertiary/aromatic N) is 5. The highest BCUT2D eigenvalue weighted by atomic mass is 35.5. The molecule has 0 atom stereocenters. The Hall–Kier alpha value is -2.77. The van der Waals surface area contributed by atoms with Crippen LogP contribution in [0.25, 0.3) is 11.4 Å². The van der Waals surface area contributed by atoms with Gasteiger partial charge in [-0.25, -0.2) is 4.98 Å². The third-order valence-corrected chi connectivity index (χ3v) is 5.59. The van der Waals surface area contributed by atoms with Crippen molar-refractivity contribution in [3.63, 3.8) is 0 Å². The average molecular weight is 440 g/mol. The molecule has 1 fully saturated rings. The Morgan fingerprint density at radius 1 is 1.16 bits per heavy atom. The van der Waals surface area contributed by atoms with Crippen molar-refractivity contribution in [3.8, 4) is 11.4 Å². The second-order valence-corrected chi connectivity index (χ2v) is 8.58. The molecule has 4 rings (SSSR count). The number of hydrogen-bond acceptors (Lipinski definition) is 6. The molecule has 0 radical (unpaired) electrons. The maximum atomic E-state index is 12.7. The lowest BCUT2D eigenvalue weighted by Gasteiger charge is -2.34. The topological polar surface area (TPSA) is 75.4 Å². The summed E-state index contributed by atoms with van der Waals surface area (Å²) in [6.45, 7) is 7.98. The van der Waals surface area contributed by atoms with Crippen molar-refractivity contribution in [1.82, 2.24) is 24.9 Å². The van der Waals surface area contributed by atoms with E-state index in [0.717, 1.165) is 31.6 Å². The molecule has 0 aliphatic carbocycles. The second kappa shape index (κ2) is 9.58. The summed E-state index contributed by atoms with van der Waals surface area (Å²) in [4.78, 5) is 25.4. The molecule has 7 nitrogen and oxygen atoms in total. The average Bonchev–Trinajstić information content (AvgIpc) is 3.22. The number of amides is 1. The summed E-state index contributed by atoms with van der Waals surface area (Å²) in [6.07, 6.45) is 2.37. The Morgan fingerprint density at radius 2 is 1.97 bits per heavy atom. The van der Waals surface area contributed by atoms with Crippen LogP contribution in [0.5, 0.6) is 0 Å². The van der Waals surface area contributed by atoms with Crippen LogP contribution in [0.1, 0.15) is 35.7 Å². The number of carbonyl (C=O) groups is 1. The number of hydrogen-bond donors (Lipinski definition) is 0. The summed E-state index contributed by atoms with van der Waals surface area (Å²) in [6, 6.07) is 11.7. The van der Waals surface area contributed by atoms with Crippen LogP contribution in [0.4, 0.5) is 0 Å². The van der Waals surface area contributed by atoms with Gasteiger partial charge in [0.05, 0.1) is 5.56 Å². The smallest absolute Gasteiger partial charge is 0.257 e. The van der Waals surface area contributed by atoms with Gasteiger partial charge in [0.2, 0.25) is 11.7 Å². The highest BCUT2D eigenvalue weighted by Gasteiger charge is 2.24. The Morgan fingerprint density at radius 3 is 2.71 bits per heavy atom. The number of benzene rings is 1. The van der Waals surface area contributed by atoms with E-state index in [4.69, 9.17) is 16.1 Å². The Bertz CT molecular complexity index is 1040. The van der Waals surface area contributed by atoms with Crippen LogP contribution in [0, 0.1) is 5.92 Å². The maximum absolute atomic E-state index is 12.7. The fourth-order valence-electron chi connectivity index (χ4n) is 3.70. The fraction of sp³-hybridized carbons (Fsp3) is 0.391. The molecule has 2 aromatic heterocycles. The van der Waals surface area contributed by atoms with Gasteiger partial charge in [0.25, 0.3) is 5.91 Å². The van der Waals surface area contributed by atoms with E-state index in [0.29, 0.717) is 36.3 Å². The van der Waals surface area contributed by atoms with Crippen LogP contribution in [0.2, 0.25) is 5.15 Å². The first-order chi connectivity index (χ1) is 15.0. The van der Waals surface area contributed by atoms with Gasteiger partial charge < -0.3 is 9.42 Å². The number of pyridine rings is 1. The van der Waals surface area contributed by atoms with Crippen molar-refractivity contribution in [3.05, 3.63) is 64.8 Å². The van der Waals surface area contributed by atoms with Gasteiger partial charge in [0.15, 0.2) is 0 Å². The molecule has 1 saturated heterocycles. The van der Waals surface area contributed by atoms with E-state index in [9.17, 15) is 4.79 Å². The fourth-order valence-corrected chi connectivity index (χ4v) is 3.90. The van der Waals surface area contributed by atoms with Crippen LogP contribution >= 0.6 is 11.6 Å². The minimum Gasteiger partial charge on any atom is -0.339 e. The standard InChI is InChI=1S/C23H26ClN5O2/c1-16(2)13-20-26-22(27-31-20)18-6-3-5-17(14-18)15-28-9-11-29(12-10-28)23(30)19-7-4-8-25-21(19)24/h3-8,14,16H,9-13,15H2,1-2H3. The van der Waals surface area contributed by atoms with E-state index in [1.165, 1.54) is 5.56 Å². The normalized spacial score (nSPS) is 14.9. The zero-order valence-electron chi connectivity index (χ0n) is 17.8. The summed E-state index contributed by atoms with van der Waals surface area (Å²) >= 11 is 6.08. The highest BCUT2D eigenvalue weighted by Crippen LogP contribution is 2.21. The molecule has 0 saturated carbocycles. The quantitative estimate of drug-likeness (QED) is 0.541. The van der Waals surface area contributed by atoms with Crippen molar-refractivity contribution in [2.45, 2.75) is 26.8 Å². The van der Waals surface area contributed by atoms with Gasteiger partial charge in [-0.2, -0.15) is 4.98 Å². The van der Waals surface area contributed by atoms with Gasteiger partial charge >= 0.3 is 0 Å². The summed E-state index contributed by atoms with van der Waals surface area (Å²) in [5.74, 6) is 1.71. The minimum atomic E-state index is -0.0611. The molecule has 1 aliphatic rings. The molecule has 31 heavy (non-hydrogen) atoms. The first kappa shape index (κ1) is 21.5.